The van der Waals surface area contributed by atoms with Gasteiger partial charge in [-0.15, -0.1) is 12.4 Å². The summed E-state index contributed by atoms with van der Waals surface area (Å²) in [6, 6.07) is 5.96. The minimum atomic E-state index is -0.0670. The average Bonchev–Trinajstić information content (AvgIpc) is 3.33. The first kappa shape index (κ1) is 21.7. The van der Waals surface area contributed by atoms with Gasteiger partial charge in [0, 0.05) is 39.4 Å². The number of rotatable bonds is 5. The van der Waals surface area contributed by atoms with Gasteiger partial charge in [-0.25, -0.2) is 4.98 Å². The number of fused-ring (bicyclic) bond motifs is 1. The summed E-state index contributed by atoms with van der Waals surface area (Å²) in [6.07, 6.45) is 1.65. The number of carbonyl (C=O) groups excluding carboxylic acids is 1. The van der Waals surface area contributed by atoms with Gasteiger partial charge in [-0.1, -0.05) is 23.5 Å². The molecule has 0 radical (unpaired) electrons. The second-order valence-electron chi connectivity index (χ2n) is 7.12. The third kappa shape index (κ3) is 4.45. The molecule has 3 aromatic rings. The van der Waals surface area contributed by atoms with Crippen molar-refractivity contribution in [3.05, 3.63) is 41.2 Å². The zero-order chi connectivity index (χ0) is 19.7. The number of aromatic nitrogens is 3. The Kier molecular flexibility index (Phi) is 6.89. The van der Waals surface area contributed by atoms with E-state index in [1.54, 1.807) is 40.2 Å². The minimum Gasteiger partial charge on any atom is -0.379 e. The molecule has 1 amide bonds. The molecule has 0 unspecified atom stereocenters. The lowest BCUT2D eigenvalue weighted by molar-refractivity contribution is 0.0391. The van der Waals surface area contributed by atoms with Gasteiger partial charge < -0.3 is 4.74 Å². The molecule has 9 heteroatoms. The molecule has 3 heterocycles. The Morgan fingerprint density at radius 3 is 2.59 bits per heavy atom. The van der Waals surface area contributed by atoms with E-state index in [1.165, 1.54) is 5.56 Å². The quantitative estimate of drug-likeness (QED) is 0.616. The molecule has 2 aromatic heterocycles. The third-order valence-electron chi connectivity index (χ3n) is 5.19. The molecule has 0 atom stereocenters. The number of halogens is 1. The SMILES string of the molecule is Cc1ccc(C)c2sc(N(CCN3CCOCC3)C(=O)c3ccnn3C)nc12.Cl. The first-order valence-corrected chi connectivity index (χ1v) is 10.3. The topological polar surface area (TPSA) is 63.5 Å². The highest BCUT2D eigenvalue weighted by atomic mass is 35.5. The number of ether oxygens (including phenoxy) is 1. The van der Waals surface area contributed by atoms with E-state index in [2.05, 4.69) is 36.0 Å². The summed E-state index contributed by atoms with van der Waals surface area (Å²) in [5.74, 6) is -0.0670. The molecule has 0 N–H and O–H groups in total. The largest absolute Gasteiger partial charge is 0.379 e. The molecule has 1 aliphatic heterocycles. The maximum atomic E-state index is 13.3. The lowest BCUT2D eigenvalue weighted by atomic mass is 10.1. The summed E-state index contributed by atoms with van der Waals surface area (Å²) in [7, 11) is 1.79. The van der Waals surface area contributed by atoms with E-state index in [1.807, 2.05) is 0 Å². The Balaban J connectivity index is 0.00000240. The summed E-state index contributed by atoms with van der Waals surface area (Å²) in [5, 5.41) is 4.90. The van der Waals surface area contributed by atoms with Gasteiger partial charge in [-0.3, -0.25) is 19.3 Å². The lowest BCUT2D eigenvalue weighted by Gasteiger charge is -2.29. The van der Waals surface area contributed by atoms with Crippen molar-refractivity contribution >= 4 is 45.0 Å². The molecule has 0 bridgehead atoms. The molecule has 1 saturated heterocycles. The van der Waals surface area contributed by atoms with Gasteiger partial charge >= 0.3 is 0 Å². The van der Waals surface area contributed by atoms with Crippen molar-refractivity contribution < 1.29 is 9.53 Å². The fourth-order valence-corrected chi connectivity index (χ4v) is 4.57. The number of benzene rings is 1. The van der Waals surface area contributed by atoms with Crippen molar-refractivity contribution in [1.29, 1.82) is 0 Å². The maximum absolute atomic E-state index is 13.3. The van der Waals surface area contributed by atoms with Gasteiger partial charge in [0.05, 0.1) is 23.4 Å². The van der Waals surface area contributed by atoms with E-state index >= 15 is 0 Å². The number of thiazole rings is 1. The first-order chi connectivity index (χ1) is 13.5. The average molecular weight is 436 g/mol. The summed E-state index contributed by atoms with van der Waals surface area (Å²) in [6.45, 7) is 8.81. The molecular weight excluding hydrogens is 410 g/mol. The normalized spacial score (nSPS) is 14.7. The van der Waals surface area contributed by atoms with E-state index in [0.717, 1.165) is 53.8 Å². The molecule has 0 spiro atoms. The molecule has 0 saturated carbocycles. The van der Waals surface area contributed by atoms with Crippen LogP contribution in [0, 0.1) is 13.8 Å². The van der Waals surface area contributed by atoms with Gasteiger partial charge in [0.15, 0.2) is 5.13 Å². The van der Waals surface area contributed by atoms with E-state index < -0.39 is 0 Å². The molecule has 1 fully saturated rings. The van der Waals surface area contributed by atoms with E-state index in [4.69, 9.17) is 9.72 Å². The second kappa shape index (κ2) is 9.21. The fraction of sp³-hybridized carbons (Fsp3) is 0.450. The van der Waals surface area contributed by atoms with Crippen LogP contribution in [0.2, 0.25) is 0 Å². The zero-order valence-corrected chi connectivity index (χ0v) is 18.6. The van der Waals surface area contributed by atoms with Crippen LogP contribution < -0.4 is 4.90 Å². The highest BCUT2D eigenvalue weighted by Crippen LogP contribution is 2.33. The van der Waals surface area contributed by atoms with Crippen molar-refractivity contribution in [2.75, 3.05) is 44.3 Å². The standard InChI is InChI=1S/C20H25N5O2S.ClH/c1-14-4-5-15(2)18-17(14)22-20(28-18)25(9-8-24-10-12-27-13-11-24)19(26)16-6-7-21-23(16)3;/h4-7H,8-13H2,1-3H3;1H. The van der Waals surface area contributed by atoms with Gasteiger partial charge in [0.25, 0.3) is 5.91 Å². The number of hydrogen-bond acceptors (Lipinski definition) is 6. The first-order valence-electron chi connectivity index (χ1n) is 9.51. The zero-order valence-electron chi connectivity index (χ0n) is 16.9. The molecule has 1 aliphatic rings. The van der Waals surface area contributed by atoms with Crippen LogP contribution in [0.15, 0.2) is 24.4 Å². The van der Waals surface area contributed by atoms with Gasteiger partial charge in [-0.05, 0) is 31.0 Å². The van der Waals surface area contributed by atoms with E-state index in [9.17, 15) is 4.79 Å². The molecule has 1 aromatic carbocycles. The number of aryl methyl sites for hydroxylation is 3. The molecule has 4 rings (SSSR count). The van der Waals surface area contributed by atoms with Crippen molar-refractivity contribution in [3.8, 4) is 0 Å². The highest BCUT2D eigenvalue weighted by Gasteiger charge is 2.25. The summed E-state index contributed by atoms with van der Waals surface area (Å²) < 4.78 is 8.20. The second-order valence-corrected chi connectivity index (χ2v) is 8.10. The lowest BCUT2D eigenvalue weighted by Crippen LogP contribution is -2.43. The maximum Gasteiger partial charge on any atom is 0.278 e. The Morgan fingerprint density at radius 2 is 1.93 bits per heavy atom. The van der Waals surface area contributed by atoms with Crippen LogP contribution in [-0.4, -0.2) is 65.0 Å². The van der Waals surface area contributed by atoms with Crippen molar-refractivity contribution in [3.63, 3.8) is 0 Å². The number of morpholine rings is 1. The molecule has 7 nitrogen and oxygen atoms in total. The van der Waals surface area contributed by atoms with Crippen LogP contribution >= 0.6 is 23.7 Å². The number of amides is 1. The summed E-state index contributed by atoms with van der Waals surface area (Å²) in [4.78, 5) is 22.3. The predicted octanol–water partition coefficient (Wildman–Crippen LogP) is 3.05. The number of carbonyl (C=O) groups is 1. The minimum absolute atomic E-state index is 0. The Bertz CT molecular complexity index is 957. The number of anilines is 1. The monoisotopic (exact) mass is 435 g/mol. The van der Waals surface area contributed by atoms with Crippen molar-refractivity contribution in [1.82, 2.24) is 19.7 Å². The molecule has 156 valence electrons. The van der Waals surface area contributed by atoms with Gasteiger partial charge in [-0.2, -0.15) is 5.10 Å². The Hall–Kier alpha value is -2.00. The van der Waals surface area contributed by atoms with Gasteiger partial charge in [0.1, 0.15) is 5.69 Å². The number of nitrogens with zero attached hydrogens (tertiary/aromatic N) is 5. The number of hydrogen-bond donors (Lipinski definition) is 0. The van der Waals surface area contributed by atoms with Gasteiger partial charge in [0.2, 0.25) is 0 Å². The van der Waals surface area contributed by atoms with Crippen molar-refractivity contribution in [2.45, 2.75) is 13.8 Å². The van der Waals surface area contributed by atoms with Crippen LogP contribution in [-0.2, 0) is 11.8 Å². The highest BCUT2D eigenvalue weighted by molar-refractivity contribution is 7.22. The molecular formula is C20H26ClN5O2S. The van der Waals surface area contributed by atoms with Crippen LogP contribution in [0.4, 0.5) is 5.13 Å². The van der Waals surface area contributed by atoms with Crippen LogP contribution in [0.25, 0.3) is 10.2 Å². The Labute approximate surface area is 180 Å². The predicted molar refractivity (Wildman–Crippen MR) is 118 cm³/mol. The van der Waals surface area contributed by atoms with Crippen molar-refractivity contribution in [2.24, 2.45) is 7.05 Å². The van der Waals surface area contributed by atoms with Crippen LogP contribution in [0.5, 0.6) is 0 Å². The molecule has 0 aliphatic carbocycles. The fourth-order valence-electron chi connectivity index (χ4n) is 3.44. The molecule has 29 heavy (non-hydrogen) atoms. The van der Waals surface area contributed by atoms with Crippen LogP contribution in [0.3, 0.4) is 0 Å². The smallest absolute Gasteiger partial charge is 0.278 e. The van der Waals surface area contributed by atoms with E-state index in [-0.39, 0.29) is 18.3 Å². The summed E-state index contributed by atoms with van der Waals surface area (Å²) in [5.41, 5.74) is 3.86. The van der Waals surface area contributed by atoms with Crippen LogP contribution in [0.1, 0.15) is 21.6 Å². The van der Waals surface area contributed by atoms with E-state index in [0.29, 0.717) is 12.2 Å². The summed E-state index contributed by atoms with van der Waals surface area (Å²) >= 11 is 1.59. The third-order valence-corrected chi connectivity index (χ3v) is 6.40. The Morgan fingerprint density at radius 1 is 1.21 bits per heavy atom.